The summed E-state index contributed by atoms with van der Waals surface area (Å²) in [4.78, 5) is 4.28. The molecule has 88 valence electrons. The summed E-state index contributed by atoms with van der Waals surface area (Å²) in [6, 6.07) is 0. The van der Waals surface area contributed by atoms with Gasteiger partial charge in [0.05, 0.1) is 5.84 Å². The van der Waals surface area contributed by atoms with Crippen molar-refractivity contribution in [3.63, 3.8) is 0 Å². The van der Waals surface area contributed by atoms with E-state index < -0.39 is 0 Å². The molecule has 1 N–H and O–H groups in total. The van der Waals surface area contributed by atoms with E-state index in [1.165, 1.54) is 11.1 Å². The Bertz CT molecular complexity index is 348. The summed E-state index contributed by atoms with van der Waals surface area (Å²) in [6.45, 7) is 10.1. The molecule has 2 nitrogen and oxygen atoms in total. The van der Waals surface area contributed by atoms with Crippen LogP contribution in [-0.2, 0) is 0 Å². The number of hydrogen-bond donors (Lipinski definition) is 1. The molecule has 0 spiro atoms. The van der Waals surface area contributed by atoms with Gasteiger partial charge in [-0.25, -0.2) is 0 Å². The van der Waals surface area contributed by atoms with Crippen LogP contribution in [0.5, 0.6) is 0 Å². The Hall–Kier alpha value is -1.31. The van der Waals surface area contributed by atoms with E-state index in [0.717, 1.165) is 30.7 Å². The zero-order chi connectivity index (χ0) is 12.1. The second-order valence-corrected chi connectivity index (χ2v) is 4.42. The zero-order valence-corrected chi connectivity index (χ0v) is 10.6. The third-order valence-corrected chi connectivity index (χ3v) is 3.01. The summed E-state index contributed by atoms with van der Waals surface area (Å²) in [5.74, 6) is 1.60. The van der Waals surface area contributed by atoms with Gasteiger partial charge in [0.15, 0.2) is 0 Å². The van der Waals surface area contributed by atoms with Gasteiger partial charge >= 0.3 is 0 Å². The van der Waals surface area contributed by atoms with Crippen LogP contribution in [0, 0.1) is 5.92 Å². The number of allylic oxidation sites excluding steroid dienone is 4. The fourth-order valence-corrected chi connectivity index (χ4v) is 2.24. The van der Waals surface area contributed by atoms with Crippen molar-refractivity contribution < 1.29 is 0 Å². The maximum Gasteiger partial charge on any atom is 0.0991 e. The average molecular weight is 218 g/mol. The van der Waals surface area contributed by atoms with Crippen LogP contribution < -0.4 is 5.32 Å². The molecule has 1 aliphatic rings. The number of aliphatic imine (C=N–C) groups is 1. The van der Waals surface area contributed by atoms with Gasteiger partial charge in [-0.05, 0) is 31.8 Å². The summed E-state index contributed by atoms with van der Waals surface area (Å²) in [6.07, 6.45) is 5.38. The van der Waals surface area contributed by atoms with E-state index in [2.05, 4.69) is 29.5 Å². The molecule has 1 atom stereocenters. The molecular weight excluding hydrogens is 196 g/mol. The first-order chi connectivity index (χ1) is 7.58. The van der Waals surface area contributed by atoms with Gasteiger partial charge in [0, 0.05) is 20.0 Å². The van der Waals surface area contributed by atoms with Crippen molar-refractivity contribution in [1.82, 2.24) is 5.32 Å². The Labute approximate surface area is 98.9 Å². The van der Waals surface area contributed by atoms with Gasteiger partial charge in [0.25, 0.3) is 0 Å². The topological polar surface area (TPSA) is 24.4 Å². The fourth-order valence-electron chi connectivity index (χ4n) is 2.24. The van der Waals surface area contributed by atoms with Crippen molar-refractivity contribution in [2.45, 2.75) is 26.2 Å². The molecule has 0 amide bonds. The van der Waals surface area contributed by atoms with Gasteiger partial charge in [0.1, 0.15) is 0 Å². The monoisotopic (exact) mass is 218 g/mol. The van der Waals surface area contributed by atoms with Crippen molar-refractivity contribution in [2.24, 2.45) is 10.9 Å². The molecule has 1 unspecified atom stereocenters. The smallest absolute Gasteiger partial charge is 0.0991 e. The molecule has 0 radical (unpaired) electrons. The van der Waals surface area contributed by atoms with E-state index in [-0.39, 0.29) is 0 Å². The molecule has 0 aromatic carbocycles. The van der Waals surface area contributed by atoms with Crippen molar-refractivity contribution in [1.29, 1.82) is 0 Å². The molecule has 0 aromatic rings. The van der Waals surface area contributed by atoms with Gasteiger partial charge in [-0.15, -0.1) is 0 Å². The lowest BCUT2D eigenvalue weighted by atomic mass is 9.81. The van der Waals surface area contributed by atoms with Crippen LogP contribution in [0.15, 0.2) is 40.9 Å². The number of nitrogens with zero attached hydrogens (tertiary/aromatic N) is 1. The molecule has 0 saturated heterocycles. The van der Waals surface area contributed by atoms with Gasteiger partial charge < -0.3 is 5.32 Å². The molecule has 0 aliphatic heterocycles. The van der Waals surface area contributed by atoms with Crippen molar-refractivity contribution >= 4 is 5.84 Å². The summed E-state index contributed by atoms with van der Waals surface area (Å²) in [7, 11) is 3.78. The van der Waals surface area contributed by atoms with Crippen LogP contribution in [0.4, 0.5) is 0 Å². The Morgan fingerprint density at radius 2 is 2.25 bits per heavy atom. The first kappa shape index (κ1) is 12.8. The molecule has 1 fully saturated rings. The standard InChI is InChI=1S/C14H22N2/c1-10(2)8-12-6-7-13(9-11(12)3)14(15-4)16-5/h8,13H,1,3,6-7,9H2,2,4-5H3,(H,15,16)/b12-8-. The van der Waals surface area contributed by atoms with Gasteiger partial charge in [0.2, 0.25) is 0 Å². The summed E-state index contributed by atoms with van der Waals surface area (Å²) < 4.78 is 0. The summed E-state index contributed by atoms with van der Waals surface area (Å²) in [5, 5.41) is 3.17. The highest BCUT2D eigenvalue weighted by molar-refractivity contribution is 5.84. The SMILES string of the molecule is C=C(C)/C=C1/CCC(C(=NC)NC)CC1=C. The Morgan fingerprint density at radius 1 is 1.56 bits per heavy atom. The van der Waals surface area contributed by atoms with E-state index in [0.29, 0.717) is 5.92 Å². The molecule has 0 heterocycles. The molecule has 2 heteroatoms. The van der Waals surface area contributed by atoms with E-state index >= 15 is 0 Å². The van der Waals surface area contributed by atoms with Crippen LogP contribution in [0.25, 0.3) is 0 Å². The van der Waals surface area contributed by atoms with Crippen molar-refractivity contribution in [2.75, 3.05) is 14.1 Å². The lowest BCUT2D eigenvalue weighted by Crippen LogP contribution is -2.30. The first-order valence-electron chi connectivity index (χ1n) is 5.77. The van der Waals surface area contributed by atoms with E-state index in [1.54, 1.807) is 0 Å². The minimum atomic E-state index is 0.504. The number of amidine groups is 1. The number of rotatable bonds is 2. The third kappa shape index (κ3) is 3.09. The molecule has 0 aromatic heterocycles. The van der Waals surface area contributed by atoms with Gasteiger partial charge in [-0.1, -0.05) is 30.4 Å². The maximum absolute atomic E-state index is 4.28. The van der Waals surface area contributed by atoms with Crippen LogP contribution in [0.2, 0.25) is 0 Å². The van der Waals surface area contributed by atoms with Crippen LogP contribution in [0.1, 0.15) is 26.2 Å². The Morgan fingerprint density at radius 3 is 2.69 bits per heavy atom. The van der Waals surface area contributed by atoms with Crippen LogP contribution in [-0.4, -0.2) is 19.9 Å². The first-order valence-corrected chi connectivity index (χ1v) is 5.77. The minimum absolute atomic E-state index is 0.504. The quantitative estimate of drug-likeness (QED) is 0.559. The van der Waals surface area contributed by atoms with E-state index in [1.807, 2.05) is 21.0 Å². The minimum Gasteiger partial charge on any atom is -0.377 e. The molecule has 0 bridgehead atoms. The summed E-state index contributed by atoms with van der Waals surface area (Å²) >= 11 is 0. The van der Waals surface area contributed by atoms with E-state index in [4.69, 9.17) is 0 Å². The number of nitrogens with one attached hydrogen (secondary N) is 1. The van der Waals surface area contributed by atoms with Gasteiger partial charge in [-0.2, -0.15) is 0 Å². The van der Waals surface area contributed by atoms with Gasteiger partial charge in [-0.3, -0.25) is 4.99 Å². The molecular formula is C14H22N2. The summed E-state index contributed by atoms with van der Waals surface area (Å²) in [5.41, 5.74) is 3.69. The Balaban J connectivity index is 2.72. The maximum atomic E-state index is 4.28. The second kappa shape index (κ2) is 5.69. The highest BCUT2D eigenvalue weighted by atomic mass is 15.0. The van der Waals surface area contributed by atoms with E-state index in [9.17, 15) is 0 Å². The molecule has 1 rings (SSSR count). The normalized spacial score (nSPS) is 24.7. The highest BCUT2D eigenvalue weighted by Gasteiger charge is 2.22. The molecule has 1 aliphatic carbocycles. The predicted octanol–water partition coefficient (Wildman–Crippen LogP) is 3.09. The van der Waals surface area contributed by atoms with Crippen LogP contribution in [0.3, 0.4) is 0 Å². The fraction of sp³-hybridized carbons (Fsp3) is 0.500. The second-order valence-electron chi connectivity index (χ2n) is 4.42. The highest BCUT2D eigenvalue weighted by Crippen LogP contribution is 2.32. The largest absolute Gasteiger partial charge is 0.377 e. The van der Waals surface area contributed by atoms with Crippen molar-refractivity contribution in [3.05, 3.63) is 36.0 Å². The van der Waals surface area contributed by atoms with Crippen LogP contribution >= 0.6 is 0 Å². The number of hydrogen-bond acceptors (Lipinski definition) is 1. The lowest BCUT2D eigenvalue weighted by molar-refractivity contribution is 0.567. The predicted molar refractivity (Wildman–Crippen MR) is 71.8 cm³/mol. The third-order valence-electron chi connectivity index (χ3n) is 3.01. The van der Waals surface area contributed by atoms with Crippen molar-refractivity contribution in [3.8, 4) is 0 Å². The molecule has 1 saturated carbocycles. The molecule has 16 heavy (non-hydrogen) atoms. The Kier molecular flexibility index (Phi) is 4.53. The zero-order valence-electron chi connectivity index (χ0n) is 10.6. The lowest BCUT2D eigenvalue weighted by Gasteiger charge is -2.27. The average Bonchev–Trinajstić information content (AvgIpc) is 2.23.